The molecular weight excluding hydrogens is 260 g/mol. The van der Waals surface area contributed by atoms with Crippen LogP contribution in [0.1, 0.15) is 33.9 Å². The summed E-state index contributed by atoms with van der Waals surface area (Å²) >= 11 is 0. The monoisotopic (exact) mass is 273 g/mol. The molecule has 3 rings (SSSR count). The second kappa shape index (κ2) is 5.04. The molecule has 1 N–H and O–H groups in total. The van der Waals surface area contributed by atoms with Gasteiger partial charge in [-0.05, 0) is 36.1 Å². The third-order valence-corrected chi connectivity index (χ3v) is 3.56. The summed E-state index contributed by atoms with van der Waals surface area (Å²) in [5.74, 6) is -1.95. The average Bonchev–Trinajstić information content (AvgIpc) is 2.81. The quantitative estimate of drug-likeness (QED) is 0.893. The zero-order valence-corrected chi connectivity index (χ0v) is 10.7. The van der Waals surface area contributed by atoms with Gasteiger partial charge in [-0.1, -0.05) is 24.3 Å². The molecule has 20 heavy (non-hydrogen) atoms. The van der Waals surface area contributed by atoms with E-state index in [1.165, 1.54) is 5.56 Å². The van der Waals surface area contributed by atoms with Crippen molar-refractivity contribution in [2.75, 3.05) is 0 Å². The van der Waals surface area contributed by atoms with Gasteiger partial charge in [0.2, 0.25) is 0 Å². The average molecular weight is 273 g/mol. The Balaban J connectivity index is 1.80. The van der Waals surface area contributed by atoms with Crippen LogP contribution < -0.4 is 5.32 Å². The van der Waals surface area contributed by atoms with Crippen LogP contribution in [0.2, 0.25) is 0 Å². The number of halogens is 2. The van der Waals surface area contributed by atoms with Crippen LogP contribution in [-0.4, -0.2) is 5.91 Å². The lowest BCUT2D eigenvalue weighted by atomic mass is 10.1. The SMILES string of the molecule is O=C(NC1CCc2ccccc21)c1cc(F)cc(F)c1. The molecule has 0 aliphatic heterocycles. The standard InChI is InChI=1S/C16H13F2NO/c17-12-7-11(8-13(18)9-12)16(20)19-15-6-5-10-3-1-2-4-14(10)15/h1-4,7-9,15H,5-6H2,(H,19,20). The summed E-state index contributed by atoms with van der Waals surface area (Å²) in [5.41, 5.74) is 2.30. The molecule has 102 valence electrons. The summed E-state index contributed by atoms with van der Waals surface area (Å²) in [7, 11) is 0. The molecule has 2 aromatic rings. The number of amides is 1. The van der Waals surface area contributed by atoms with E-state index in [2.05, 4.69) is 5.32 Å². The molecule has 1 atom stereocenters. The summed E-state index contributed by atoms with van der Waals surface area (Å²) in [5, 5.41) is 2.83. The number of rotatable bonds is 2. The lowest BCUT2D eigenvalue weighted by molar-refractivity contribution is 0.0935. The van der Waals surface area contributed by atoms with Crippen molar-refractivity contribution >= 4 is 5.91 Å². The predicted octanol–water partition coefficient (Wildman–Crippen LogP) is 3.38. The normalized spacial score (nSPS) is 16.8. The fraction of sp³-hybridized carbons (Fsp3) is 0.188. The highest BCUT2D eigenvalue weighted by Gasteiger charge is 2.24. The topological polar surface area (TPSA) is 29.1 Å². The molecule has 0 aromatic heterocycles. The lowest BCUT2D eigenvalue weighted by Gasteiger charge is -2.14. The fourth-order valence-electron chi connectivity index (χ4n) is 2.63. The van der Waals surface area contributed by atoms with E-state index in [9.17, 15) is 13.6 Å². The van der Waals surface area contributed by atoms with Crippen LogP contribution in [0.15, 0.2) is 42.5 Å². The zero-order chi connectivity index (χ0) is 14.1. The molecule has 2 nitrogen and oxygen atoms in total. The Labute approximate surface area is 115 Å². The number of carbonyl (C=O) groups is 1. The minimum Gasteiger partial charge on any atom is -0.345 e. The number of hydrogen-bond acceptors (Lipinski definition) is 1. The van der Waals surface area contributed by atoms with Gasteiger partial charge in [-0.15, -0.1) is 0 Å². The van der Waals surface area contributed by atoms with E-state index in [-0.39, 0.29) is 11.6 Å². The van der Waals surface area contributed by atoms with Crippen molar-refractivity contribution in [2.24, 2.45) is 0 Å². The van der Waals surface area contributed by atoms with Crippen LogP contribution in [0, 0.1) is 11.6 Å². The van der Waals surface area contributed by atoms with Crippen LogP contribution in [0.4, 0.5) is 8.78 Å². The maximum Gasteiger partial charge on any atom is 0.251 e. The van der Waals surface area contributed by atoms with E-state index >= 15 is 0 Å². The molecule has 0 fully saturated rings. The first-order valence-corrected chi connectivity index (χ1v) is 6.48. The summed E-state index contributed by atoms with van der Waals surface area (Å²) in [6.45, 7) is 0. The lowest BCUT2D eigenvalue weighted by Crippen LogP contribution is -2.27. The molecule has 1 amide bonds. The third-order valence-electron chi connectivity index (χ3n) is 3.56. The molecule has 1 aliphatic rings. The van der Waals surface area contributed by atoms with Gasteiger partial charge in [0.25, 0.3) is 5.91 Å². The molecular formula is C16H13F2NO. The molecule has 4 heteroatoms. The Morgan fingerprint density at radius 3 is 2.55 bits per heavy atom. The highest BCUT2D eigenvalue weighted by molar-refractivity contribution is 5.94. The van der Waals surface area contributed by atoms with E-state index < -0.39 is 17.5 Å². The second-order valence-electron chi connectivity index (χ2n) is 4.92. The van der Waals surface area contributed by atoms with Crippen molar-refractivity contribution in [3.05, 3.63) is 70.8 Å². The predicted molar refractivity (Wildman–Crippen MR) is 71.3 cm³/mol. The molecule has 0 spiro atoms. The van der Waals surface area contributed by atoms with Crippen LogP contribution in [0.3, 0.4) is 0 Å². The molecule has 0 saturated carbocycles. The van der Waals surface area contributed by atoms with Gasteiger partial charge < -0.3 is 5.32 Å². The minimum atomic E-state index is -0.748. The summed E-state index contributed by atoms with van der Waals surface area (Å²) in [6.07, 6.45) is 1.71. The summed E-state index contributed by atoms with van der Waals surface area (Å²) in [6, 6.07) is 10.6. The van der Waals surface area contributed by atoms with Crippen LogP contribution in [0.5, 0.6) is 0 Å². The van der Waals surface area contributed by atoms with Crippen molar-refractivity contribution in [1.29, 1.82) is 0 Å². The van der Waals surface area contributed by atoms with Crippen molar-refractivity contribution < 1.29 is 13.6 Å². The van der Waals surface area contributed by atoms with Gasteiger partial charge in [-0.25, -0.2) is 8.78 Å². The minimum absolute atomic E-state index is 0.00637. The smallest absolute Gasteiger partial charge is 0.251 e. The van der Waals surface area contributed by atoms with Gasteiger partial charge in [0, 0.05) is 11.6 Å². The number of benzene rings is 2. The summed E-state index contributed by atoms with van der Waals surface area (Å²) in [4.78, 5) is 12.1. The molecule has 0 saturated heterocycles. The van der Waals surface area contributed by atoms with Gasteiger partial charge in [-0.3, -0.25) is 4.79 Å². The van der Waals surface area contributed by atoms with Crippen LogP contribution in [-0.2, 0) is 6.42 Å². The van der Waals surface area contributed by atoms with E-state index in [1.54, 1.807) is 0 Å². The van der Waals surface area contributed by atoms with Gasteiger partial charge in [0.15, 0.2) is 0 Å². The van der Waals surface area contributed by atoms with Gasteiger partial charge in [-0.2, -0.15) is 0 Å². The van der Waals surface area contributed by atoms with Gasteiger partial charge in [0.05, 0.1) is 6.04 Å². The zero-order valence-electron chi connectivity index (χ0n) is 10.7. The Bertz CT molecular complexity index is 649. The Morgan fingerprint density at radius 2 is 1.80 bits per heavy atom. The number of nitrogens with one attached hydrogen (secondary N) is 1. The molecule has 1 aliphatic carbocycles. The number of aryl methyl sites for hydroxylation is 1. The van der Waals surface area contributed by atoms with E-state index in [1.807, 2.05) is 24.3 Å². The van der Waals surface area contributed by atoms with E-state index in [0.717, 1.165) is 36.6 Å². The van der Waals surface area contributed by atoms with Gasteiger partial charge >= 0.3 is 0 Å². The third kappa shape index (κ3) is 2.41. The maximum absolute atomic E-state index is 13.1. The van der Waals surface area contributed by atoms with Crippen molar-refractivity contribution in [1.82, 2.24) is 5.32 Å². The molecule has 0 heterocycles. The van der Waals surface area contributed by atoms with E-state index in [4.69, 9.17) is 0 Å². The fourth-order valence-corrected chi connectivity index (χ4v) is 2.63. The molecule has 0 bridgehead atoms. The number of carbonyl (C=O) groups excluding carboxylic acids is 1. The maximum atomic E-state index is 13.1. The number of hydrogen-bond donors (Lipinski definition) is 1. The highest BCUT2D eigenvalue weighted by atomic mass is 19.1. The van der Waals surface area contributed by atoms with Gasteiger partial charge in [0.1, 0.15) is 11.6 Å². The van der Waals surface area contributed by atoms with Crippen molar-refractivity contribution in [3.8, 4) is 0 Å². The first-order valence-electron chi connectivity index (χ1n) is 6.48. The first kappa shape index (κ1) is 12.8. The molecule has 0 radical (unpaired) electrons. The molecule has 2 aromatic carbocycles. The Hall–Kier alpha value is -2.23. The summed E-state index contributed by atoms with van der Waals surface area (Å²) < 4.78 is 26.2. The highest BCUT2D eigenvalue weighted by Crippen LogP contribution is 2.30. The van der Waals surface area contributed by atoms with Crippen molar-refractivity contribution in [3.63, 3.8) is 0 Å². The largest absolute Gasteiger partial charge is 0.345 e. The van der Waals surface area contributed by atoms with E-state index in [0.29, 0.717) is 0 Å². The molecule has 1 unspecified atom stereocenters. The number of fused-ring (bicyclic) bond motifs is 1. The first-order chi connectivity index (χ1) is 9.63. The van der Waals surface area contributed by atoms with Crippen LogP contribution in [0.25, 0.3) is 0 Å². The van der Waals surface area contributed by atoms with Crippen molar-refractivity contribution in [2.45, 2.75) is 18.9 Å². The second-order valence-corrected chi connectivity index (χ2v) is 4.92. The van der Waals surface area contributed by atoms with Crippen LogP contribution >= 0.6 is 0 Å². The Morgan fingerprint density at radius 1 is 1.10 bits per heavy atom. The Kier molecular flexibility index (Phi) is 3.22.